The Balaban J connectivity index is 2.73. The monoisotopic (exact) mass is 261 g/mol. The minimum absolute atomic E-state index is 0.106. The lowest BCUT2D eigenvalue weighted by atomic mass is 10.0. The van der Waals surface area contributed by atoms with Crippen LogP contribution in [0, 0.1) is 0 Å². The van der Waals surface area contributed by atoms with E-state index in [9.17, 15) is 18.0 Å². The van der Waals surface area contributed by atoms with Crippen molar-refractivity contribution in [3.63, 3.8) is 0 Å². The van der Waals surface area contributed by atoms with Gasteiger partial charge < -0.3 is 10.6 Å². The van der Waals surface area contributed by atoms with Crippen LogP contribution >= 0.6 is 0 Å². The van der Waals surface area contributed by atoms with Crippen molar-refractivity contribution in [1.29, 1.82) is 0 Å². The number of nitrogens with two attached hydrogens (primary N) is 1. The molecule has 0 saturated heterocycles. The Morgan fingerprint density at radius 3 is 2.61 bits per heavy atom. The van der Waals surface area contributed by atoms with Gasteiger partial charge in [0.25, 0.3) is 5.56 Å². The Morgan fingerprint density at radius 2 is 2.06 bits per heavy atom. The number of alkyl halides is 3. The summed E-state index contributed by atoms with van der Waals surface area (Å²) in [6.07, 6.45) is -4.42. The SMILES string of the molecule is CN1CCn2c1c(CCN)c(C(F)(F)F)cc2=O. The molecule has 0 saturated carbocycles. The van der Waals surface area contributed by atoms with E-state index in [1.54, 1.807) is 11.9 Å². The molecule has 1 aromatic rings. The van der Waals surface area contributed by atoms with Crippen LogP contribution in [0.15, 0.2) is 10.9 Å². The lowest BCUT2D eigenvalue weighted by molar-refractivity contribution is -0.138. The molecule has 0 aromatic carbocycles. The lowest BCUT2D eigenvalue weighted by Gasteiger charge is -2.20. The fourth-order valence-electron chi connectivity index (χ4n) is 2.33. The molecule has 4 nitrogen and oxygen atoms in total. The van der Waals surface area contributed by atoms with E-state index in [0.717, 1.165) is 0 Å². The molecule has 1 aromatic heterocycles. The molecule has 0 unspecified atom stereocenters. The van der Waals surface area contributed by atoms with Crippen LogP contribution in [-0.4, -0.2) is 24.7 Å². The molecule has 7 heteroatoms. The fraction of sp³-hybridized carbons (Fsp3) is 0.545. The Morgan fingerprint density at radius 1 is 1.39 bits per heavy atom. The Labute approximate surface area is 102 Å². The van der Waals surface area contributed by atoms with Gasteiger partial charge in [-0.1, -0.05) is 0 Å². The quantitative estimate of drug-likeness (QED) is 0.857. The third kappa shape index (κ3) is 1.98. The molecule has 2 heterocycles. The van der Waals surface area contributed by atoms with Crippen LogP contribution < -0.4 is 16.2 Å². The van der Waals surface area contributed by atoms with Crippen molar-refractivity contribution >= 4 is 5.82 Å². The predicted molar refractivity (Wildman–Crippen MR) is 61.7 cm³/mol. The summed E-state index contributed by atoms with van der Waals surface area (Å²) in [7, 11) is 1.68. The number of fused-ring (bicyclic) bond motifs is 1. The highest BCUT2D eigenvalue weighted by Gasteiger charge is 2.37. The van der Waals surface area contributed by atoms with Gasteiger partial charge in [-0.3, -0.25) is 9.36 Å². The first-order chi connectivity index (χ1) is 8.36. The van der Waals surface area contributed by atoms with E-state index in [4.69, 9.17) is 5.73 Å². The highest BCUT2D eigenvalue weighted by molar-refractivity contribution is 5.54. The highest BCUT2D eigenvalue weighted by atomic mass is 19.4. The van der Waals surface area contributed by atoms with Crippen LogP contribution in [0.3, 0.4) is 0 Å². The first kappa shape index (κ1) is 12.9. The van der Waals surface area contributed by atoms with E-state index >= 15 is 0 Å². The molecule has 100 valence electrons. The predicted octanol–water partition coefficient (Wildman–Crippen LogP) is 0.818. The van der Waals surface area contributed by atoms with Crippen LogP contribution in [0.4, 0.5) is 19.0 Å². The highest BCUT2D eigenvalue weighted by Crippen LogP contribution is 2.36. The molecule has 0 radical (unpaired) electrons. The van der Waals surface area contributed by atoms with Gasteiger partial charge in [0.1, 0.15) is 5.82 Å². The molecule has 1 aliphatic rings. The van der Waals surface area contributed by atoms with Crippen molar-refractivity contribution in [3.8, 4) is 0 Å². The third-order valence-corrected chi connectivity index (χ3v) is 3.10. The minimum Gasteiger partial charge on any atom is -0.359 e. The second-order valence-corrected chi connectivity index (χ2v) is 4.31. The van der Waals surface area contributed by atoms with Crippen LogP contribution in [0.25, 0.3) is 0 Å². The van der Waals surface area contributed by atoms with Crippen LogP contribution in [0.5, 0.6) is 0 Å². The van der Waals surface area contributed by atoms with Crippen molar-refractivity contribution in [1.82, 2.24) is 4.57 Å². The van der Waals surface area contributed by atoms with Crippen LogP contribution in [0.2, 0.25) is 0 Å². The molecular weight excluding hydrogens is 247 g/mol. The van der Waals surface area contributed by atoms with Crippen LogP contribution in [0.1, 0.15) is 11.1 Å². The second kappa shape index (κ2) is 4.31. The zero-order valence-electron chi connectivity index (χ0n) is 9.92. The number of hydrogen-bond donors (Lipinski definition) is 1. The normalized spacial score (nSPS) is 15.1. The summed E-state index contributed by atoms with van der Waals surface area (Å²) in [5.74, 6) is 0.347. The average molecular weight is 261 g/mol. The number of hydrogen-bond acceptors (Lipinski definition) is 3. The minimum atomic E-state index is -4.53. The number of nitrogens with zero attached hydrogens (tertiary/aromatic N) is 2. The molecule has 0 spiro atoms. The maximum atomic E-state index is 12.9. The molecular formula is C11H14F3N3O. The molecule has 0 amide bonds. The zero-order chi connectivity index (χ0) is 13.5. The van der Waals surface area contributed by atoms with Crippen LogP contribution in [-0.2, 0) is 19.1 Å². The summed E-state index contributed by atoms with van der Waals surface area (Å²) in [6, 6.07) is 0.674. The molecule has 2 rings (SSSR count). The Hall–Kier alpha value is -1.50. The largest absolute Gasteiger partial charge is 0.417 e. The van der Waals surface area contributed by atoms with Crippen molar-refractivity contribution in [2.24, 2.45) is 5.73 Å². The number of rotatable bonds is 2. The fourth-order valence-corrected chi connectivity index (χ4v) is 2.33. The van der Waals surface area contributed by atoms with Gasteiger partial charge in [-0.2, -0.15) is 13.2 Å². The summed E-state index contributed by atoms with van der Waals surface area (Å²) < 4.78 is 40.2. The molecule has 18 heavy (non-hydrogen) atoms. The van der Waals surface area contributed by atoms with Crippen molar-refractivity contribution in [2.75, 3.05) is 25.0 Å². The van der Waals surface area contributed by atoms with Gasteiger partial charge in [0.05, 0.1) is 5.56 Å². The number of aromatic nitrogens is 1. The van der Waals surface area contributed by atoms with E-state index < -0.39 is 17.3 Å². The van der Waals surface area contributed by atoms with Crippen molar-refractivity contribution < 1.29 is 13.2 Å². The molecule has 2 N–H and O–H groups in total. The van der Waals surface area contributed by atoms with E-state index in [1.807, 2.05) is 0 Å². The standard InChI is InChI=1S/C11H14F3N3O/c1-16-4-5-17-9(18)6-8(11(12,13)14)7(2-3-15)10(16)17/h6H,2-5,15H2,1H3. The van der Waals surface area contributed by atoms with Gasteiger partial charge in [0, 0.05) is 31.8 Å². The van der Waals surface area contributed by atoms with Crippen molar-refractivity contribution in [2.45, 2.75) is 19.1 Å². The molecule has 0 atom stereocenters. The van der Waals surface area contributed by atoms with Gasteiger partial charge in [-0.15, -0.1) is 0 Å². The number of pyridine rings is 1. The average Bonchev–Trinajstić information content (AvgIpc) is 2.64. The first-order valence-electron chi connectivity index (χ1n) is 5.61. The van der Waals surface area contributed by atoms with E-state index in [-0.39, 0.29) is 18.5 Å². The number of anilines is 1. The zero-order valence-corrected chi connectivity index (χ0v) is 9.92. The molecule has 0 fully saturated rings. The van der Waals surface area contributed by atoms with E-state index in [2.05, 4.69) is 0 Å². The molecule has 0 aliphatic carbocycles. The summed E-state index contributed by atoms with van der Waals surface area (Å²) in [5.41, 5.74) is 4.02. The Bertz CT molecular complexity index is 521. The van der Waals surface area contributed by atoms with Crippen molar-refractivity contribution in [3.05, 3.63) is 27.5 Å². The van der Waals surface area contributed by atoms with Gasteiger partial charge in [0.15, 0.2) is 0 Å². The van der Waals surface area contributed by atoms with Gasteiger partial charge >= 0.3 is 6.18 Å². The maximum absolute atomic E-state index is 12.9. The Kier molecular flexibility index (Phi) is 3.10. The summed E-state index contributed by atoms with van der Waals surface area (Å²) in [6.45, 7) is 1.07. The third-order valence-electron chi connectivity index (χ3n) is 3.10. The molecule has 0 bridgehead atoms. The number of likely N-dealkylation sites (N-methyl/N-ethyl adjacent to an activating group) is 1. The van der Waals surface area contributed by atoms with Gasteiger partial charge in [-0.25, -0.2) is 0 Å². The first-order valence-corrected chi connectivity index (χ1v) is 5.61. The second-order valence-electron chi connectivity index (χ2n) is 4.31. The summed E-state index contributed by atoms with van der Waals surface area (Å²) >= 11 is 0. The van der Waals surface area contributed by atoms with Gasteiger partial charge in [-0.05, 0) is 13.0 Å². The molecule has 1 aliphatic heterocycles. The van der Waals surface area contributed by atoms with E-state index in [0.29, 0.717) is 25.0 Å². The van der Waals surface area contributed by atoms with E-state index in [1.165, 1.54) is 4.57 Å². The maximum Gasteiger partial charge on any atom is 0.417 e. The van der Waals surface area contributed by atoms with Gasteiger partial charge in [0.2, 0.25) is 0 Å². The summed E-state index contributed by atoms with van der Waals surface area (Å²) in [5, 5.41) is 0. The summed E-state index contributed by atoms with van der Waals surface area (Å²) in [4.78, 5) is 13.4. The topological polar surface area (TPSA) is 51.3 Å². The lowest BCUT2D eigenvalue weighted by Crippen LogP contribution is -2.26. The number of halogens is 3. The smallest absolute Gasteiger partial charge is 0.359 e.